The van der Waals surface area contributed by atoms with Gasteiger partial charge in [-0.3, -0.25) is 9.59 Å². The molecule has 0 aliphatic heterocycles. The van der Waals surface area contributed by atoms with Crippen molar-refractivity contribution in [2.45, 2.75) is 34.2 Å². The zero-order chi connectivity index (χ0) is 15.6. The number of hydrogen-bond donors (Lipinski definition) is 0. The fourth-order valence-corrected chi connectivity index (χ4v) is 2.32. The van der Waals surface area contributed by atoms with E-state index in [1.165, 1.54) is 0 Å². The number of ketones is 1. The molecule has 0 spiro atoms. The van der Waals surface area contributed by atoms with Crippen LogP contribution in [0.15, 0.2) is 30.3 Å². The van der Waals surface area contributed by atoms with Gasteiger partial charge >= 0.3 is 5.97 Å². The first-order chi connectivity index (χ1) is 9.87. The summed E-state index contributed by atoms with van der Waals surface area (Å²) in [6.07, 6.45) is 0. The molecule has 1 heterocycles. The molecule has 0 atom stereocenters. The summed E-state index contributed by atoms with van der Waals surface area (Å²) >= 11 is 0. The fourth-order valence-electron chi connectivity index (χ4n) is 2.32. The van der Waals surface area contributed by atoms with E-state index in [-0.39, 0.29) is 18.9 Å². The molecule has 0 unspecified atom stereocenters. The second-order valence-electron chi connectivity index (χ2n) is 5.70. The van der Waals surface area contributed by atoms with Crippen LogP contribution < -0.4 is 0 Å². The number of aromatic nitrogens is 1. The zero-order valence-corrected chi connectivity index (χ0v) is 13.0. The first-order valence-electron chi connectivity index (χ1n) is 7.13. The van der Waals surface area contributed by atoms with Gasteiger partial charge in [0.1, 0.15) is 5.41 Å². The van der Waals surface area contributed by atoms with E-state index in [2.05, 4.69) is 0 Å². The molecule has 4 heteroatoms. The molecule has 4 nitrogen and oxygen atoms in total. The first-order valence-corrected chi connectivity index (χ1v) is 7.13. The second-order valence-corrected chi connectivity index (χ2v) is 5.70. The van der Waals surface area contributed by atoms with Crippen molar-refractivity contribution in [2.75, 3.05) is 6.61 Å². The number of esters is 1. The lowest BCUT2D eigenvalue weighted by atomic mass is 9.88. The van der Waals surface area contributed by atoms with Crippen LogP contribution in [-0.2, 0) is 20.9 Å². The molecule has 21 heavy (non-hydrogen) atoms. The molecule has 0 saturated heterocycles. The smallest absolute Gasteiger partial charge is 0.319 e. The molecule has 0 amide bonds. The molecular formula is C17H21NO3. The van der Waals surface area contributed by atoms with Crippen molar-refractivity contribution in [2.24, 2.45) is 5.41 Å². The Morgan fingerprint density at radius 1 is 1.24 bits per heavy atom. The highest BCUT2D eigenvalue weighted by atomic mass is 16.5. The second kappa shape index (κ2) is 5.72. The van der Waals surface area contributed by atoms with Crippen LogP contribution in [0, 0.1) is 12.3 Å². The van der Waals surface area contributed by atoms with Crippen molar-refractivity contribution < 1.29 is 14.3 Å². The summed E-state index contributed by atoms with van der Waals surface area (Å²) in [5.74, 6) is -0.616. The standard InChI is InChI=1S/C17H21NO3/c1-5-21-16(20)17(3,4)15(19)11-18-12(2)10-13-8-6-7-9-14(13)18/h6-10H,5,11H2,1-4H3. The van der Waals surface area contributed by atoms with Crippen LogP contribution in [0.2, 0.25) is 0 Å². The average molecular weight is 287 g/mol. The summed E-state index contributed by atoms with van der Waals surface area (Å²) in [4.78, 5) is 24.5. The van der Waals surface area contributed by atoms with E-state index in [0.717, 1.165) is 16.6 Å². The lowest BCUT2D eigenvalue weighted by Crippen LogP contribution is -2.37. The molecule has 0 saturated carbocycles. The molecular weight excluding hydrogens is 266 g/mol. The maximum absolute atomic E-state index is 12.5. The Hall–Kier alpha value is -2.10. The van der Waals surface area contributed by atoms with Crippen LogP contribution in [0.3, 0.4) is 0 Å². The Morgan fingerprint density at radius 2 is 1.90 bits per heavy atom. The normalized spacial score (nSPS) is 11.6. The third-order valence-corrected chi connectivity index (χ3v) is 3.80. The minimum Gasteiger partial charge on any atom is -0.465 e. The van der Waals surface area contributed by atoms with Crippen LogP contribution in [-0.4, -0.2) is 22.9 Å². The number of hydrogen-bond acceptors (Lipinski definition) is 3. The fraction of sp³-hybridized carbons (Fsp3) is 0.412. The van der Waals surface area contributed by atoms with Crippen molar-refractivity contribution in [3.8, 4) is 0 Å². The van der Waals surface area contributed by atoms with E-state index in [1.807, 2.05) is 41.8 Å². The van der Waals surface area contributed by atoms with Gasteiger partial charge in [0.2, 0.25) is 0 Å². The van der Waals surface area contributed by atoms with Gasteiger partial charge in [0.15, 0.2) is 5.78 Å². The third kappa shape index (κ3) is 2.84. The number of ether oxygens (including phenoxy) is 1. The lowest BCUT2D eigenvalue weighted by molar-refractivity contribution is -0.158. The van der Waals surface area contributed by atoms with Crippen LogP contribution >= 0.6 is 0 Å². The van der Waals surface area contributed by atoms with Crippen LogP contribution in [0.25, 0.3) is 10.9 Å². The van der Waals surface area contributed by atoms with E-state index in [0.29, 0.717) is 0 Å². The van der Waals surface area contributed by atoms with Gasteiger partial charge in [-0.05, 0) is 45.2 Å². The molecule has 1 aromatic carbocycles. The van der Waals surface area contributed by atoms with Crippen LogP contribution in [0.4, 0.5) is 0 Å². The van der Waals surface area contributed by atoms with Gasteiger partial charge in [-0.2, -0.15) is 0 Å². The summed E-state index contributed by atoms with van der Waals surface area (Å²) in [5.41, 5.74) is 0.876. The number of nitrogens with zero attached hydrogens (tertiary/aromatic N) is 1. The number of Topliss-reactive ketones (excluding diaryl/α,β-unsaturated/α-hetero) is 1. The van der Waals surface area contributed by atoms with Crippen molar-refractivity contribution in [1.82, 2.24) is 4.57 Å². The third-order valence-electron chi connectivity index (χ3n) is 3.80. The number of rotatable bonds is 5. The van der Waals surface area contributed by atoms with E-state index in [4.69, 9.17) is 4.74 Å². The Balaban J connectivity index is 2.30. The summed E-state index contributed by atoms with van der Waals surface area (Å²) < 4.78 is 6.94. The number of fused-ring (bicyclic) bond motifs is 1. The summed E-state index contributed by atoms with van der Waals surface area (Å²) in [7, 11) is 0. The Labute approximate surface area is 124 Å². The van der Waals surface area contributed by atoms with E-state index < -0.39 is 11.4 Å². The number of aryl methyl sites for hydroxylation is 1. The molecule has 2 aromatic rings. The van der Waals surface area contributed by atoms with Crippen LogP contribution in [0.5, 0.6) is 0 Å². The Kier molecular flexibility index (Phi) is 4.16. The van der Waals surface area contributed by atoms with E-state index in [1.54, 1.807) is 20.8 Å². The van der Waals surface area contributed by atoms with Gasteiger partial charge in [0, 0.05) is 11.2 Å². The number of carbonyl (C=O) groups excluding carboxylic acids is 2. The van der Waals surface area contributed by atoms with Crippen molar-refractivity contribution in [3.63, 3.8) is 0 Å². The average Bonchev–Trinajstić information content (AvgIpc) is 2.75. The Bertz CT molecular complexity index is 682. The van der Waals surface area contributed by atoms with Gasteiger partial charge in [0.05, 0.1) is 13.2 Å². The van der Waals surface area contributed by atoms with Crippen molar-refractivity contribution in [1.29, 1.82) is 0 Å². The predicted octanol–water partition coefficient (Wildman–Crippen LogP) is 3.11. The van der Waals surface area contributed by atoms with Gasteiger partial charge < -0.3 is 9.30 Å². The number of para-hydroxylation sites is 1. The maximum atomic E-state index is 12.5. The molecule has 0 fully saturated rings. The van der Waals surface area contributed by atoms with E-state index >= 15 is 0 Å². The monoisotopic (exact) mass is 287 g/mol. The molecule has 0 aliphatic carbocycles. The van der Waals surface area contributed by atoms with Crippen molar-refractivity contribution in [3.05, 3.63) is 36.0 Å². The Morgan fingerprint density at radius 3 is 2.57 bits per heavy atom. The van der Waals surface area contributed by atoms with Crippen molar-refractivity contribution >= 4 is 22.7 Å². The minimum atomic E-state index is -1.13. The van der Waals surface area contributed by atoms with Crippen LogP contribution in [0.1, 0.15) is 26.5 Å². The topological polar surface area (TPSA) is 48.3 Å². The quantitative estimate of drug-likeness (QED) is 0.627. The zero-order valence-electron chi connectivity index (χ0n) is 13.0. The summed E-state index contributed by atoms with van der Waals surface area (Å²) in [6, 6.07) is 9.95. The highest BCUT2D eigenvalue weighted by molar-refractivity contribution is 6.03. The minimum absolute atomic E-state index is 0.148. The SMILES string of the molecule is CCOC(=O)C(C)(C)C(=O)Cn1c(C)cc2ccccc21. The summed E-state index contributed by atoms with van der Waals surface area (Å²) in [5, 5.41) is 1.09. The molecule has 1 aromatic heterocycles. The first kappa shape index (κ1) is 15.3. The van der Waals surface area contributed by atoms with Gasteiger partial charge in [-0.1, -0.05) is 18.2 Å². The van der Waals surface area contributed by atoms with Gasteiger partial charge in [0.25, 0.3) is 0 Å². The number of carbonyl (C=O) groups is 2. The van der Waals surface area contributed by atoms with Gasteiger partial charge in [-0.15, -0.1) is 0 Å². The molecule has 0 N–H and O–H groups in total. The highest BCUT2D eigenvalue weighted by Gasteiger charge is 2.37. The molecule has 0 aliphatic rings. The largest absolute Gasteiger partial charge is 0.465 e. The van der Waals surface area contributed by atoms with E-state index in [9.17, 15) is 9.59 Å². The number of benzene rings is 1. The summed E-state index contributed by atoms with van der Waals surface area (Å²) in [6.45, 7) is 7.39. The molecule has 2 rings (SSSR count). The molecule has 112 valence electrons. The molecule has 0 bridgehead atoms. The lowest BCUT2D eigenvalue weighted by Gasteiger charge is -2.21. The predicted molar refractivity (Wildman–Crippen MR) is 82.1 cm³/mol. The van der Waals surface area contributed by atoms with Gasteiger partial charge in [-0.25, -0.2) is 0 Å². The molecule has 0 radical (unpaired) electrons. The highest BCUT2D eigenvalue weighted by Crippen LogP contribution is 2.24. The maximum Gasteiger partial charge on any atom is 0.319 e.